The molecule has 0 bridgehead atoms. The number of ether oxygens (including phenoxy) is 1. The topological polar surface area (TPSA) is 26.3 Å². The Hall–Kier alpha value is -1.75. The van der Waals surface area contributed by atoms with E-state index in [9.17, 15) is 4.79 Å². The molecule has 0 saturated heterocycles. The number of hydrogen-bond donors (Lipinski definition) is 0. The number of ketones is 1. The second-order valence-electron chi connectivity index (χ2n) is 3.59. The zero-order valence-electron chi connectivity index (χ0n) is 9.53. The predicted octanol–water partition coefficient (Wildman–Crippen LogP) is 2.61. The van der Waals surface area contributed by atoms with Crippen LogP contribution in [0.15, 0.2) is 24.3 Å². The Bertz CT molecular complexity index is 371. The lowest BCUT2D eigenvalue weighted by Crippen LogP contribution is -1.99. The van der Waals surface area contributed by atoms with E-state index in [2.05, 4.69) is 5.92 Å². The number of Topliss-reactive ketones (excluding diaryl/α,β-unsaturated/α-hetero) is 1. The molecule has 1 aromatic carbocycles. The van der Waals surface area contributed by atoms with E-state index in [-0.39, 0.29) is 5.78 Å². The number of aryl methyl sites for hydroxylation is 1. The standard InChI is InChI=1S/C14H16O2/c1-3-4-5-13(15)9-6-12-7-10-14(16-2)11-8-12/h1,7-8,10-11H,4-6,9H2,2H3. The van der Waals surface area contributed by atoms with Crippen LogP contribution >= 0.6 is 0 Å². The van der Waals surface area contributed by atoms with E-state index in [4.69, 9.17) is 11.2 Å². The zero-order valence-corrected chi connectivity index (χ0v) is 9.53. The molecule has 0 atom stereocenters. The van der Waals surface area contributed by atoms with Crippen molar-refractivity contribution in [2.45, 2.75) is 25.7 Å². The summed E-state index contributed by atoms with van der Waals surface area (Å²) >= 11 is 0. The highest BCUT2D eigenvalue weighted by molar-refractivity contribution is 5.78. The minimum atomic E-state index is 0.230. The highest BCUT2D eigenvalue weighted by atomic mass is 16.5. The molecule has 1 rings (SSSR count). The Kier molecular flexibility index (Phi) is 5.15. The van der Waals surface area contributed by atoms with Crippen molar-refractivity contribution in [2.24, 2.45) is 0 Å². The van der Waals surface area contributed by atoms with Gasteiger partial charge in [-0.3, -0.25) is 4.79 Å². The summed E-state index contributed by atoms with van der Waals surface area (Å²) in [6.07, 6.45) is 7.47. The molecule has 0 amide bonds. The van der Waals surface area contributed by atoms with E-state index < -0.39 is 0 Å². The third-order valence-electron chi connectivity index (χ3n) is 2.40. The first-order valence-electron chi connectivity index (χ1n) is 5.34. The molecule has 0 heterocycles. The number of carbonyl (C=O) groups is 1. The van der Waals surface area contributed by atoms with Gasteiger partial charge < -0.3 is 4.74 Å². The summed E-state index contributed by atoms with van der Waals surface area (Å²) in [6, 6.07) is 7.77. The van der Waals surface area contributed by atoms with E-state index in [1.165, 1.54) is 0 Å². The van der Waals surface area contributed by atoms with Crippen LogP contribution in [0.1, 0.15) is 24.8 Å². The lowest BCUT2D eigenvalue weighted by Gasteiger charge is -2.02. The summed E-state index contributed by atoms with van der Waals surface area (Å²) in [7, 11) is 1.64. The molecule has 0 unspecified atom stereocenters. The molecule has 2 nitrogen and oxygen atoms in total. The van der Waals surface area contributed by atoms with Crippen LogP contribution in [-0.4, -0.2) is 12.9 Å². The molecule has 0 spiro atoms. The van der Waals surface area contributed by atoms with Crippen LogP contribution in [0, 0.1) is 12.3 Å². The van der Waals surface area contributed by atoms with Gasteiger partial charge in [0.1, 0.15) is 11.5 Å². The van der Waals surface area contributed by atoms with Crippen molar-refractivity contribution >= 4 is 5.78 Å². The first kappa shape index (κ1) is 12.3. The van der Waals surface area contributed by atoms with Gasteiger partial charge in [-0.25, -0.2) is 0 Å². The molecule has 84 valence electrons. The monoisotopic (exact) mass is 216 g/mol. The smallest absolute Gasteiger partial charge is 0.134 e. The number of carbonyl (C=O) groups excluding carboxylic acids is 1. The van der Waals surface area contributed by atoms with Gasteiger partial charge in [-0.2, -0.15) is 0 Å². The van der Waals surface area contributed by atoms with Crippen molar-refractivity contribution in [3.63, 3.8) is 0 Å². The molecule has 16 heavy (non-hydrogen) atoms. The van der Waals surface area contributed by atoms with Crippen LogP contribution < -0.4 is 4.74 Å². The predicted molar refractivity (Wildman–Crippen MR) is 64.4 cm³/mol. The Morgan fingerprint density at radius 3 is 2.56 bits per heavy atom. The maximum atomic E-state index is 11.4. The van der Waals surface area contributed by atoms with Crippen LogP contribution in [0.25, 0.3) is 0 Å². The summed E-state index contributed by atoms with van der Waals surface area (Å²) in [5.74, 6) is 3.54. The van der Waals surface area contributed by atoms with Crippen molar-refractivity contribution in [3.8, 4) is 18.1 Å². The lowest BCUT2D eigenvalue weighted by molar-refractivity contribution is -0.118. The van der Waals surface area contributed by atoms with E-state index in [1.54, 1.807) is 7.11 Å². The van der Waals surface area contributed by atoms with Crippen LogP contribution in [0.5, 0.6) is 5.75 Å². The van der Waals surface area contributed by atoms with Gasteiger partial charge in [-0.15, -0.1) is 12.3 Å². The quantitative estimate of drug-likeness (QED) is 0.683. The zero-order chi connectivity index (χ0) is 11.8. The SMILES string of the molecule is C#CCCC(=O)CCc1ccc(OC)cc1. The van der Waals surface area contributed by atoms with Crippen molar-refractivity contribution in [3.05, 3.63) is 29.8 Å². The minimum absolute atomic E-state index is 0.230. The highest BCUT2D eigenvalue weighted by Gasteiger charge is 2.02. The van der Waals surface area contributed by atoms with E-state index in [0.717, 1.165) is 17.7 Å². The van der Waals surface area contributed by atoms with Gasteiger partial charge in [0.25, 0.3) is 0 Å². The van der Waals surface area contributed by atoms with Crippen molar-refractivity contribution in [2.75, 3.05) is 7.11 Å². The van der Waals surface area contributed by atoms with Gasteiger partial charge in [-0.05, 0) is 24.1 Å². The largest absolute Gasteiger partial charge is 0.497 e. The molecule has 0 aliphatic rings. The summed E-state index contributed by atoms with van der Waals surface area (Å²) in [4.78, 5) is 11.4. The van der Waals surface area contributed by atoms with Gasteiger partial charge in [-0.1, -0.05) is 12.1 Å². The van der Waals surface area contributed by atoms with E-state index in [1.807, 2.05) is 24.3 Å². The Morgan fingerprint density at radius 2 is 2.00 bits per heavy atom. The van der Waals surface area contributed by atoms with Crippen molar-refractivity contribution < 1.29 is 9.53 Å². The first-order valence-corrected chi connectivity index (χ1v) is 5.34. The Balaban J connectivity index is 2.37. The fraction of sp³-hybridized carbons (Fsp3) is 0.357. The number of hydrogen-bond acceptors (Lipinski definition) is 2. The van der Waals surface area contributed by atoms with Gasteiger partial charge >= 0.3 is 0 Å². The molecular weight excluding hydrogens is 200 g/mol. The van der Waals surface area contributed by atoms with Crippen LogP contribution in [0.3, 0.4) is 0 Å². The highest BCUT2D eigenvalue weighted by Crippen LogP contribution is 2.13. The molecule has 2 heteroatoms. The number of benzene rings is 1. The molecule has 0 aliphatic heterocycles. The normalized spacial score (nSPS) is 9.50. The van der Waals surface area contributed by atoms with Crippen molar-refractivity contribution in [1.29, 1.82) is 0 Å². The molecule has 0 fully saturated rings. The average molecular weight is 216 g/mol. The summed E-state index contributed by atoms with van der Waals surface area (Å²) in [5.41, 5.74) is 1.15. The van der Waals surface area contributed by atoms with Gasteiger partial charge in [0.15, 0.2) is 0 Å². The molecule has 0 N–H and O–H groups in total. The molecule has 0 aromatic heterocycles. The molecule has 0 saturated carbocycles. The second kappa shape index (κ2) is 6.68. The third kappa shape index (κ3) is 4.18. The maximum Gasteiger partial charge on any atom is 0.134 e. The Labute approximate surface area is 96.6 Å². The summed E-state index contributed by atoms with van der Waals surface area (Å²) < 4.78 is 5.06. The fourth-order valence-electron chi connectivity index (χ4n) is 1.41. The average Bonchev–Trinajstić information content (AvgIpc) is 2.34. The first-order chi connectivity index (χ1) is 7.76. The second-order valence-corrected chi connectivity index (χ2v) is 3.59. The summed E-state index contributed by atoms with van der Waals surface area (Å²) in [6.45, 7) is 0. The Morgan fingerprint density at radius 1 is 1.31 bits per heavy atom. The maximum absolute atomic E-state index is 11.4. The van der Waals surface area contributed by atoms with E-state index in [0.29, 0.717) is 19.3 Å². The van der Waals surface area contributed by atoms with Crippen LogP contribution in [-0.2, 0) is 11.2 Å². The van der Waals surface area contributed by atoms with Gasteiger partial charge in [0.05, 0.1) is 7.11 Å². The minimum Gasteiger partial charge on any atom is -0.497 e. The van der Waals surface area contributed by atoms with Crippen LogP contribution in [0.4, 0.5) is 0 Å². The molecule has 0 radical (unpaired) electrons. The number of methoxy groups -OCH3 is 1. The van der Waals surface area contributed by atoms with Gasteiger partial charge in [0.2, 0.25) is 0 Å². The fourth-order valence-corrected chi connectivity index (χ4v) is 1.41. The van der Waals surface area contributed by atoms with E-state index >= 15 is 0 Å². The van der Waals surface area contributed by atoms with Crippen LogP contribution in [0.2, 0.25) is 0 Å². The molecule has 1 aromatic rings. The summed E-state index contributed by atoms with van der Waals surface area (Å²) in [5, 5.41) is 0. The molecular formula is C14H16O2. The van der Waals surface area contributed by atoms with Gasteiger partial charge in [0, 0.05) is 19.3 Å². The van der Waals surface area contributed by atoms with Crippen molar-refractivity contribution in [1.82, 2.24) is 0 Å². The third-order valence-corrected chi connectivity index (χ3v) is 2.40. The number of rotatable bonds is 6. The molecule has 0 aliphatic carbocycles. The number of terminal acetylenes is 1. The lowest BCUT2D eigenvalue weighted by atomic mass is 10.1.